The van der Waals surface area contributed by atoms with Gasteiger partial charge in [0.1, 0.15) is 18.3 Å². The van der Waals surface area contributed by atoms with Crippen molar-refractivity contribution in [3.63, 3.8) is 0 Å². The van der Waals surface area contributed by atoms with Gasteiger partial charge < -0.3 is 29.4 Å². The number of carbonyl (C=O) groups is 2. The summed E-state index contributed by atoms with van der Waals surface area (Å²) in [6, 6.07) is 26.6. The molecule has 3 unspecified atom stereocenters. The molecule has 3 aromatic rings. The molecule has 4 aliphatic rings. The van der Waals surface area contributed by atoms with Crippen LogP contribution in [0.5, 0.6) is 0 Å². The normalized spacial score (nSPS) is 28.1. The molecule has 45 heavy (non-hydrogen) atoms. The van der Waals surface area contributed by atoms with Crippen LogP contribution in [0.4, 0.5) is 0 Å². The summed E-state index contributed by atoms with van der Waals surface area (Å²) < 4.78 is 25.3. The Bertz CT molecular complexity index is 1550. The molecule has 0 aromatic heterocycles. The number of carbonyl (C=O) groups excluding carboxylic acids is 2. The summed E-state index contributed by atoms with van der Waals surface area (Å²) >= 11 is 0. The van der Waals surface area contributed by atoms with E-state index in [0.717, 1.165) is 36.0 Å². The molecule has 2 aliphatic heterocycles. The topological polar surface area (TPSA) is 107 Å². The van der Waals surface area contributed by atoms with E-state index in [2.05, 4.69) is 17.5 Å². The molecule has 6 atom stereocenters. The zero-order chi connectivity index (χ0) is 30.8. The zero-order valence-corrected chi connectivity index (χ0v) is 24.9. The Morgan fingerprint density at radius 2 is 1.69 bits per heavy atom. The maximum Gasteiger partial charge on any atom is 0.338 e. The molecule has 3 fully saturated rings. The third-order valence-corrected chi connectivity index (χ3v) is 9.06. The lowest BCUT2D eigenvalue weighted by molar-refractivity contribution is -0.157. The van der Waals surface area contributed by atoms with Gasteiger partial charge in [0.15, 0.2) is 0 Å². The molecular formula is C37H37NO7. The van der Waals surface area contributed by atoms with Crippen LogP contribution in [0.1, 0.15) is 52.7 Å². The van der Waals surface area contributed by atoms with E-state index in [1.807, 2.05) is 78.9 Å². The number of rotatable bonds is 9. The van der Waals surface area contributed by atoms with Crippen molar-refractivity contribution >= 4 is 18.0 Å². The van der Waals surface area contributed by atoms with E-state index in [4.69, 9.17) is 18.9 Å². The molecule has 0 spiro atoms. The van der Waals surface area contributed by atoms with Crippen LogP contribution in [-0.2, 0) is 29.5 Å². The van der Waals surface area contributed by atoms with Gasteiger partial charge >= 0.3 is 5.97 Å². The van der Waals surface area contributed by atoms with Gasteiger partial charge in [0, 0.05) is 29.7 Å². The summed E-state index contributed by atoms with van der Waals surface area (Å²) in [5, 5.41) is 12.0. The Morgan fingerprint density at radius 1 is 0.933 bits per heavy atom. The Hall–Kier alpha value is -4.08. The van der Waals surface area contributed by atoms with E-state index >= 15 is 0 Å². The van der Waals surface area contributed by atoms with Crippen molar-refractivity contribution in [2.45, 2.75) is 62.0 Å². The van der Waals surface area contributed by atoms with E-state index in [-0.39, 0.29) is 25.5 Å². The van der Waals surface area contributed by atoms with Crippen molar-refractivity contribution in [3.8, 4) is 0 Å². The summed E-state index contributed by atoms with van der Waals surface area (Å²) in [7, 11) is 0. The number of allylic oxidation sites excluding steroid dienone is 1. The molecule has 2 heterocycles. The maximum atomic E-state index is 13.6. The minimum absolute atomic E-state index is 0.111. The van der Waals surface area contributed by atoms with Crippen molar-refractivity contribution in [2.75, 3.05) is 13.2 Å². The van der Waals surface area contributed by atoms with Crippen LogP contribution in [0.25, 0.3) is 6.08 Å². The molecule has 7 rings (SSSR count). The van der Waals surface area contributed by atoms with Crippen LogP contribution in [0.15, 0.2) is 103 Å². The van der Waals surface area contributed by atoms with Crippen molar-refractivity contribution < 1.29 is 33.6 Å². The number of epoxide rings is 1. The smallest absolute Gasteiger partial charge is 0.338 e. The Balaban J connectivity index is 1.15. The van der Waals surface area contributed by atoms with E-state index in [9.17, 15) is 14.7 Å². The van der Waals surface area contributed by atoms with E-state index < -0.39 is 30.1 Å². The number of amides is 1. The first kappa shape index (κ1) is 29.6. The molecule has 8 nitrogen and oxygen atoms in total. The second-order valence-corrected chi connectivity index (χ2v) is 12.1. The van der Waals surface area contributed by atoms with Gasteiger partial charge in [-0.15, -0.1) is 0 Å². The van der Waals surface area contributed by atoms with E-state index in [1.165, 1.54) is 0 Å². The SMILES string of the molecule is O=C(NCCO)C1=C[C@H]2OC(c3ccccc3)(c3ccccc3)O[C@H]2[C@H](OC(=O)c2cccc(C=CC3CCC4OC4C3)c2)C1. The molecule has 232 valence electrons. The number of hydrogen-bond acceptors (Lipinski definition) is 7. The number of hydrogen-bond donors (Lipinski definition) is 2. The molecular weight excluding hydrogens is 570 g/mol. The lowest BCUT2D eigenvalue weighted by Gasteiger charge is -2.31. The number of aliphatic hydroxyl groups excluding tert-OH is 1. The van der Waals surface area contributed by atoms with Crippen LogP contribution in [0.3, 0.4) is 0 Å². The first-order valence-corrected chi connectivity index (χ1v) is 15.7. The fraction of sp³-hybridized carbons (Fsp3) is 0.351. The van der Waals surface area contributed by atoms with Gasteiger partial charge in [0.05, 0.1) is 24.4 Å². The summed E-state index contributed by atoms with van der Waals surface area (Å²) in [6.45, 7) is -0.0753. The van der Waals surface area contributed by atoms with Crippen LogP contribution < -0.4 is 5.32 Å². The first-order chi connectivity index (χ1) is 22.0. The van der Waals surface area contributed by atoms with E-state index in [0.29, 0.717) is 29.3 Å². The average Bonchev–Trinajstić information content (AvgIpc) is 3.76. The molecule has 2 aliphatic carbocycles. The minimum Gasteiger partial charge on any atom is -0.456 e. The number of ether oxygens (including phenoxy) is 4. The Labute approximate surface area is 262 Å². The van der Waals surface area contributed by atoms with Gasteiger partial charge in [0.25, 0.3) is 0 Å². The summed E-state index contributed by atoms with van der Waals surface area (Å²) in [5.41, 5.74) is 3.32. The zero-order valence-electron chi connectivity index (χ0n) is 24.9. The highest BCUT2D eigenvalue weighted by molar-refractivity contribution is 5.94. The highest BCUT2D eigenvalue weighted by Gasteiger charge is 2.55. The Morgan fingerprint density at radius 3 is 2.40 bits per heavy atom. The number of benzene rings is 3. The molecule has 0 radical (unpaired) electrons. The average molecular weight is 608 g/mol. The molecule has 0 bridgehead atoms. The molecule has 8 heteroatoms. The van der Waals surface area contributed by atoms with Crippen LogP contribution in [0, 0.1) is 5.92 Å². The number of aliphatic hydroxyl groups is 1. The van der Waals surface area contributed by atoms with Gasteiger partial charge in [-0.1, -0.05) is 84.9 Å². The second-order valence-electron chi connectivity index (χ2n) is 12.1. The predicted octanol–water partition coefficient (Wildman–Crippen LogP) is 4.92. The third kappa shape index (κ3) is 6.24. The first-order valence-electron chi connectivity index (χ1n) is 15.7. The minimum atomic E-state index is -1.27. The molecule has 3 aromatic carbocycles. The monoisotopic (exact) mass is 607 g/mol. The fourth-order valence-corrected chi connectivity index (χ4v) is 6.71. The van der Waals surface area contributed by atoms with E-state index in [1.54, 1.807) is 12.1 Å². The summed E-state index contributed by atoms with van der Waals surface area (Å²) in [4.78, 5) is 26.7. The van der Waals surface area contributed by atoms with Crippen molar-refractivity contribution in [2.24, 2.45) is 5.92 Å². The van der Waals surface area contributed by atoms with Crippen molar-refractivity contribution in [1.29, 1.82) is 0 Å². The third-order valence-electron chi connectivity index (χ3n) is 9.06. The highest BCUT2D eigenvalue weighted by atomic mass is 16.8. The standard InChI is InChI=1S/C37H37NO7/c39-19-18-38-35(40)27-22-32(43-36(41)26-9-7-8-24(20-26)14-15-25-16-17-30-31(21-25)42-30)34-33(23-27)44-37(45-34,28-10-3-1-4-11-28)29-12-5-2-6-13-29/h1-15,20,23,25,30-34,39H,16-19,21-22H2,(H,38,40)/t25?,30?,31?,32-,33-,34+/m1/s1. The molecule has 2 N–H and O–H groups in total. The van der Waals surface area contributed by atoms with Gasteiger partial charge in [-0.3, -0.25) is 4.79 Å². The highest BCUT2D eigenvalue weighted by Crippen LogP contribution is 2.47. The van der Waals surface area contributed by atoms with Crippen LogP contribution in [0.2, 0.25) is 0 Å². The predicted molar refractivity (Wildman–Crippen MR) is 167 cm³/mol. The second kappa shape index (κ2) is 12.7. The lowest BCUT2D eigenvalue weighted by atomic mass is 9.88. The number of nitrogens with one attached hydrogen (secondary N) is 1. The van der Waals surface area contributed by atoms with Gasteiger partial charge in [-0.05, 0) is 49.0 Å². The summed E-state index contributed by atoms with van der Waals surface area (Å²) in [6.07, 6.45) is 8.15. The van der Waals surface area contributed by atoms with Crippen LogP contribution in [-0.4, -0.2) is 60.7 Å². The number of fused-ring (bicyclic) bond motifs is 2. The quantitative estimate of drug-likeness (QED) is 0.263. The summed E-state index contributed by atoms with van der Waals surface area (Å²) in [5.74, 6) is -1.65. The van der Waals surface area contributed by atoms with Crippen molar-refractivity contribution in [3.05, 3.63) is 125 Å². The van der Waals surface area contributed by atoms with Crippen molar-refractivity contribution in [1.82, 2.24) is 5.32 Å². The van der Waals surface area contributed by atoms with Gasteiger partial charge in [-0.25, -0.2) is 4.79 Å². The molecule has 1 amide bonds. The fourth-order valence-electron chi connectivity index (χ4n) is 6.71. The Kier molecular flexibility index (Phi) is 8.38. The van der Waals surface area contributed by atoms with Gasteiger partial charge in [0.2, 0.25) is 11.7 Å². The largest absolute Gasteiger partial charge is 0.456 e. The van der Waals surface area contributed by atoms with Gasteiger partial charge in [-0.2, -0.15) is 0 Å². The molecule has 1 saturated carbocycles. The van der Waals surface area contributed by atoms with Crippen LogP contribution >= 0.6 is 0 Å². The lowest BCUT2D eigenvalue weighted by Crippen LogP contribution is -2.43. The number of esters is 1. The maximum absolute atomic E-state index is 13.6. The molecule has 2 saturated heterocycles.